The second-order valence-corrected chi connectivity index (χ2v) is 4.29. The third kappa shape index (κ3) is 7.85. The van der Waals surface area contributed by atoms with Crippen molar-refractivity contribution in [3.05, 3.63) is 28.2 Å². The van der Waals surface area contributed by atoms with Crippen LogP contribution in [0.15, 0.2) is 18.2 Å². The number of rotatable bonds is 4. The molecule has 0 aromatic heterocycles. The van der Waals surface area contributed by atoms with E-state index in [9.17, 15) is 0 Å². The van der Waals surface area contributed by atoms with Gasteiger partial charge in [0.25, 0.3) is 0 Å². The molecule has 0 amide bonds. The van der Waals surface area contributed by atoms with E-state index in [-0.39, 0.29) is 0 Å². The van der Waals surface area contributed by atoms with Crippen molar-refractivity contribution in [3.63, 3.8) is 0 Å². The van der Waals surface area contributed by atoms with Gasteiger partial charge in [-0.15, -0.1) is 0 Å². The molecule has 6 heteroatoms. The van der Waals surface area contributed by atoms with Crippen LogP contribution in [-0.2, 0) is 4.79 Å². The van der Waals surface area contributed by atoms with Crippen LogP contribution in [-0.4, -0.2) is 33.7 Å². The lowest BCUT2D eigenvalue weighted by atomic mass is 10.3. The van der Waals surface area contributed by atoms with Crippen molar-refractivity contribution in [3.8, 4) is 5.75 Å². The van der Waals surface area contributed by atoms with Gasteiger partial charge in [-0.05, 0) is 12.1 Å². The third-order valence-electron chi connectivity index (χ3n) is 1.76. The van der Waals surface area contributed by atoms with Crippen LogP contribution >= 0.6 is 23.2 Å². The molecule has 96 valence electrons. The summed E-state index contributed by atoms with van der Waals surface area (Å²) in [5.41, 5.74) is 0. The summed E-state index contributed by atoms with van der Waals surface area (Å²) >= 11 is 11.6. The van der Waals surface area contributed by atoms with E-state index < -0.39 is 6.47 Å². The van der Waals surface area contributed by atoms with Gasteiger partial charge in [-0.25, -0.2) is 0 Å². The SMILES string of the molecule is C[NH+](C)CCOc1ccc(Cl)c(Cl)c1.O=C[O-]. The van der Waals surface area contributed by atoms with Crippen LogP contribution in [0.2, 0.25) is 10.0 Å². The number of hydrogen-bond acceptors (Lipinski definition) is 3. The molecule has 0 saturated carbocycles. The quantitative estimate of drug-likeness (QED) is 0.783. The average molecular weight is 280 g/mol. The van der Waals surface area contributed by atoms with E-state index in [1.165, 1.54) is 4.90 Å². The van der Waals surface area contributed by atoms with Crippen molar-refractivity contribution in [1.82, 2.24) is 0 Å². The van der Waals surface area contributed by atoms with E-state index in [2.05, 4.69) is 14.1 Å². The van der Waals surface area contributed by atoms with E-state index in [0.717, 1.165) is 12.3 Å². The van der Waals surface area contributed by atoms with Crippen LogP contribution in [0.5, 0.6) is 5.75 Å². The zero-order valence-electron chi connectivity index (χ0n) is 9.70. The molecule has 1 aromatic carbocycles. The molecule has 1 rings (SSSR count). The highest BCUT2D eigenvalue weighted by molar-refractivity contribution is 6.42. The number of ether oxygens (including phenoxy) is 1. The molecular weight excluding hydrogens is 265 g/mol. The van der Waals surface area contributed by atoms with E-state index >= 15 is 0 Å². The Morgan fingerprint density at radius 1 is 1.35 bits per heavy atom. The second-order valence-electron chi connectivity index (χ2n) is 3.48. The van der Waals surface area contributed by atoms with Crippen molar-refractivity contribution in [1.29, 1.82) is 0 Å². The van der Waals surface area contributed by atoms with Crippen molar-refractivity contribution in [2.75, 3.05) is 27.2 Å². The molecule has 17 heavy (non-hydrogen) atoms. The predicted octanol–water partition coefficient (Wildman–Crippen LogP) is -0.117. The number of benzene rings is 1. The van der Waals surface area contributed by atoms with Gasteiger partial charge in [-0.3, -0.25) is 0 Å². The molecule has 0 aliphatic heterocycles. The van der Waals surface area contributed by atoms with Gasteiger partial charge in [0.15, 0.2) is 0 Å². The molecule has 1 N–H and O–H groups in total. The molecule has 0 radical (unpaired) electrons. The lowest BCUT2D eigenvalue weighted by Gasteiger charge is -2.09. The van der Waals surface area contributed by atoms with Gasteiger partial charge < -0.3 is 19.5 Å². The second kappa shape index (κ2) is 9.10. The highest BCUT2D eigenvalue weighted by Crippen LogP contribution is 2.26. The third-order valence-corrected chi connectivity index (χ3v) is 2.50. The van der Waals surface area contributed by atoms with E-state index in [1.807, 2.05) is 6.07 Å². The Bertz CT molecular complexity index is 345. The van der Waals surface area contributed by atoms with E-state index in [0.29, 0.717) is 16.7 Å². The summed E-state index contributed by atoms with van der Waals surface area (Å²) in [6, 6.07) is 5.29. The molecule has 4 nitrogen and oxygen atoms in total. The fourth-order valence-electron chi connectivity index (χ4n) is 0.940. The Hall–Kier alpha value is -0.970. The van der Waals surface area contributed by atoms with Gasteiger partial charge in [0, 0.05) is 12.5 Å². The molecule has 0 saturated heterocycles. The largest absolute Gasteiger partial charge is 0.554 e. The number of hydrogen-bond donors (Lipinski definition) is 1. The number of nitrogens with one attached hydrogen (secondary N) is 1. The Kier molecular flexibility index (Phi) is 8.58. The zero-order chi connectivity index (χ0) is 13.3. The van der Waals surface area contributed by atoms with Gasteiger partial charge in [0.2, 0.25) is 0 Å². The molecular formula is C11H15Cl2NO3. The van der Waals surface area contributed by atoms with Gasteiger partial charge in [-0.1, -0.05) is 23.2 Å². The molecule has 0 bridgehead atoms. The van der Waals surface area contributed by atoms with Crippen molar-refractivity contribution in [2.24, 2.45) is 0 Å². The van der Waals surface area contributed by atoms with Crippen molar-refractivity contribution in [2.45, 2.75) is 0 Å². The Balaban J connectivity index is 0.000000770. The Labute approximate surface area is 111 Å². The maximum absolute atomic E-state index is 8.25. The minimum Gasteiger partial charge on any atom is -0.554 e. The molecule has 0 atom stereocenters. The molecule has 0 heterocycles. The first-order chi connectivity index (χ1) is 8.01. The number of carbonyl (C=O) groups is 1. The van der Waals surface area contributed by atoms with Crippen molar-refractivity contribution < 1.29 is 19.5 Å². The normalized spacial score (nSPS) is 9.47. The minimum absolute atomic E-state index is 0.500. The maximum Gasteiger partial charge on any atom is 0.137 e. The minimum atomic E-state index is -0.500. The van der Waals surface area contributed by atoms with E-state index in [4.69, 9.17) is 37.8 Å². The summed E-state index contributed by atoms with van der Waals surface area (Å²) in [7, 11) is 4.16. The van der Waals surface area contributed by atoms with Gasteiger partial charge in [0.1, 0.15) is 18.9 Å². The van der Waals surface area contributed by atoms with E-state index in [1.54, 1.807) is 12.1 Å². The summed E-state index contributed by atoms with van der Waals surface area (Å²) in [6.45, 7) is 1.14. The zero-order valence-corrected chi connectivity index (χ0v) is 11.2. The van der Waals surface area contributed by atoms with Gasteiger partial charge >= 0.3 is 0 Å². The standard InChI is InChI=1S/C10H13Cl2NO.CH2O2/c1-13(2)5-6-14-8-3-4-9(11)10(12)7-8;2-1-3/h3-4,7H,5-6H2,1-2H3;1H,(H,2,3). The number of quaternary nitrogens is 1. The van der Waals surface area contributed by atoms with Crippen LogP contribution in [0.4, 0.5) is 0 Å². The molecule has 0 aliphatic rings. The summed E-state index contributed by atoms with van der Waals surface area (Å²) in [5.74, 6) is 0.764. The molecule has 0 fully saturated rings. The number of halogens is 2. The number of carboxylic acid groups (broad SMARTS) is 1. The molecule has 1 aromatic rings. The first-order valence-corrected chi connectivity index (χ1v) is 5.69. The summed E-state index contributed by atoms with van der Waals surface area (Å²) in [6.07, 6.45) is 0. The Morgan fingerprint density at radius 2 is 1.94 bits per heavy atom. The highest BCUT2D eigenvalue weighted by atomic mass is 35.5. The fraction of sp³-hybridized carbons (Fsp3) is 0.364. The topological polar surface area (TPSA) is 53.8 Å². The van der Waals surface area contributed by atoms with Crippen LogP contribution in [0.3, 0.4) is 0 Å². The molecule has 0 aliphatic carbocycles. The monoisotopic (exact) mass is 279 g/mol. The van der Waals surface area contributed by atoms with Crippen LogP contribution in [0.25, 0.3) is 0 Å². The first-order valence-electron chi connectivity index (χ1n) is 4.93. The van der Waals surface area contributed by atoms with Crippen LogP contribution in [0, 0.1) is 0 Å². The van der Waals surface area contributed by atoms with Crippen LogP contribution < -0.4 is 14.7 Å². The Morgan fingerprint density at radius 3 is 2.41 bits per heavy atom. The molecule has 0 unspecified atom stereocenters. The smallest absolute Gasteiger partial charge is 0.137 e. The lowest BCUT2D eigenvalue weighted by molar-refractivity contribution is -0.858. The summed E-state index contributed by atoms with van der Waals surface area (Å²) < 4.78 is 5.49. The number of carbonyl (C=O) groups excluding carboxylic acids is 1. The lowest BCUT2D eigenvalue weighted by Crippen LogP contribution is -3.06. The van der Waals surface area contributed by atoms with Crippen molar-refractivity contribution >= 4 is 29.7 Å². The predicted molar refractivity (Wildman–Crippen MR) is 65.7 cm³/mol. The number of likely N-dealkylation sites (N-methyl/N-ethyl adjacent to an activating group) is 1. The summed E-state index contributed by atoms with van der Waals surface area (Å²) in [5, 5.41) is 9.33. The van der Waals surface area contributed by atoms with Gasteiger partial charge in [-0.2, -0.15) is 0 Å². The fourth-order valence-corrected chi connectivity index (χ4v) is 1.23. The average Bonchev–Trinajstić information content (AvgIpc) is 2.24. The van der Waals surface area contributed by atoms with Gasteiger partial charge in [0.05, 0.1) is 24.1 Å². The molecule has 0 spiro atoms. The highest BCUT2D eigenvalue weighted by Gasteiger charge is 2.00. The maximum atomic E-state index is 8.25. The summed E-state index contributed by atoms with van der Waals surface area (Å²) in [4.78, 5) is 9.60. The first kappa shape index (κ1) is 16.0. The van der Waals surface area contributed by atoms with Crippen LogP contribution in [0.1, 0.15) is 0 Å².